The minimum absolute atomic E-state index is 0.819. The molecule has 1 heterocycles. The summed E-state index contributed by atoms with van der Waals surface area (Å²) >= 11 is 4.26. The van der Waals surface area contributed by atoms with Crippen LogP contribution in [-0.2, 0) is 0 Å². The van der Waals surface area contributed by atoms with E-state index in [0.717, 1.165) is 35.4 Å². The molecule has 1 aromatic carbocycles. The summed E-state index contributed by atoms with van der Waals surface area (Å²) in [5.74, 6) is 2.01. The number of benzene rings is 1. The van der Waals surface area contributed by atoms with Crippen LogP contribution in [0.1, 0.15) is 89.9 Å². The Balaban J connectivity index is 1.35. The Morgan fingerprint density at radius 3 is 1.86 bits per heavy atom. The van der Waals surface area contributed by atoms with Crippen molar-refractivity contribution >= 4 is 23.5 Å². The number of hydrogen-bond acceptors (Lipinski definition) is 3. The highest BCUT2D eigenvalue weighted by Gasteiger charge is 1.98. The van der Waals surface area contributed by atoms with Gasteiger partial charge in [0.25, 0.3) is 0 Å². The molecule has 0 aliphatic carbocycles. The van der Waals surface area contributed by atoms with Crippen LogP contribution in [0.3, 0.4) is 0 Å². The molecule has 0 amide bonds. The molecule has 0 radical (unpaired) electrons. The van der Waals surface area contributed by atoms with Crippen molar-refractivity contribution in [1.82, 2.24) is 4.98 Å². The summed E-state index contributed by atoms with van der Waals surface area (Å²) in [6.07, 6.45) is 21.0. The summed E-state index contributed by atoms with van der Waals surface area (Å²) in [6.45, 7) is 0.819. The maximum Gasteiger partial charge on any atom is 0.120 e. The molecule has 0 N–H and O–H groups in total. The first-order valence-corrected chi connectivity index (χ1v) is 12.1. The topological polar surface area (TPSA) is 22.1 Å². The summed E-state index contributed by atoms with van der Waals surface area (Å²) in [6, 6.07) is 10.2. The van der Waals surface area contributed by atoms with Gasteiger partial charge in [-0.1, -0.05) is 83.1 Å². The quantitative estimate of drug-likeness (QED) is 0.214. The smallest absolute Gasteiger partial charge is 0.120 e. The predicted octanol–water partition coefficient (Wildman–Crippen LogP) is 8.00. The fourth-order valence-electron chi connectivity index (χ4n) is 3.67. The van der Waals surface area contributed by atoms with Gasteiger partial charge in [-0.15, -0.1) is 0 Å². The molecule has 0 saturated heterocycles. The van der Waals surface area contributed by atoms with Crippen molar-refractivity contribution in [2.45, 2.75) is 89.9 Å². The first-order chi connectivity index (χ1) is 13.9. The largest absolute Gasteiger partial charge is 0.494 e. The molecule has 3 heteroatoms. The van der Waals surface area contributed by atoms with Crippen LogP contribution in [0.25, 0.3) is 10.9 Å². The third-order valence-electron chi connectivity index (χ3n) is 5.40. The van der Waals surface area contributed by atoms with Crippen LogP contribution in [0.2, 0.25) is 0 Å². The van der Waals surface area contributed by atoms with Gasteiger partial charge in [0.05, 0.1) is 12.1 Å². The molecule has 2 aromatic rings. The Morgan fingerprint density at radius 1 is 0.679 bits per heavy atom. The van der Waals surface area contributed by atoms with E-state index in [1.165, 1.54) is 83.5 Å². The second-order valence-corrected chi connectivity index (χ2v) is 8.33. The lowest BCUT2D eigenvalue weighted by Crippen LogP contribution is -1.97. The lowest BCUT2D eigenvalue weighted by molar-refractivity contribution is 0.304. The number of thiol groups is 1. The van der Waals surface area contributed by atoms with E-state index in [1.807, 2.05) is 24.4 Å². The molecule has 156 valence electrons. The molecule has 2 nitrogen and oxygen atoms in total. The summed E-state index contributed by atoms with van der Waals surface area (Å²) in [5, 5.41) is 1.15. The van der Waals surface area contributed by atoms with Gasteiger partial charge in [0, 0.05) is 11.6 Å². The van der Waals surface area contributed by atoms with Crippen molar-refractivity contribution in [2.24, 2.45) is 0 Å². The molecule has 1 aromatic heterocycles. The maximum atomic E-state index is 5.90. The number of ether oxygens (including phenoxy) is 1. The van der Waals surface area contributed by atoms with Crippen LogP contribution in [0.4, 0.5) is 0 Å². The summed E-state index contributed by atoms with van der Waals surface area (Å²) in [7, 11) is 0. The second kappa shape index (κ2) is 15.7. The Morgan fingerprint density at radius 2 is 1.25 bits per heavy atom. The van der Waals surface area contributed by atoms with Crippen molar-refractivity contribution in [2.75, 3.05) is 12.4 Å². The Bertz CT molecular complexity index is 631. The first kappa shape index (κ1) is 23.1. The summed E-state index contributed by atoms with van der Waals surface area (Å²) < 4.78 is 5.90. The highest BCUT2D eigenvalue weighted by atomic mass is 32.1. The average Bonchev–Trinajstić information content (AvgIpc) is 2.73. The number of fused-ring (bicyclic) bond motifs is 1. The molecular formula is C25H39NOS. The Kier molecular flexibility index (Phi) is 12.9. The molecule has 0 atom stereocenters. The molecule has 0 bridgehead atoms. The number of pyridine rings is 1. The van der Waals surface area contributed by atoms with Gasteiger partial charge in [-0.25, -0.2) is 0 Å². The molecule has 0 aliphatic heterocycles. The normalized spacial score (nSPS) is 11.2. The lowest BCUT2D eigenvalue weighted by atomic mass is 10.0. The minimum Gasteiger partial charge on any atom is -0.494 e. The fourth-order valence-corrected chi connectivity index (χ4v) is 3.89. The number of unbranched alkanes of at least 4 members (excludes halogenated alkanes) is 13. The number of nitrogens with zero attached hydrogens (tertiary/aromatic N) is 1. The van der Waals surface area contributed by atoms with E-state index in [0.29, 0.717) is 0 Å². The Hall–Kier alpha value is -1.22. The van der Waals surface area contributed by atoms with E-state index in [1.54, 1.807) is 0 Å². The SMILES string of the molecule is SCCCCCCCCCCCCCCCCOc1ccc2ncccc2c1. The van der Waals surface area contributed by atoms with Crippen molar-refractivity contribution in [3.8, 4) is 5.75 Å². The van der Waals surface area contributed by atoms with Crippen molar-refractivity contribution < 1.29 is 4.74 Å². The maximum absolute atomic E-state index is 5.90. The second-order valence-electron chi connectivity index (χ2n) is 7.88. The van der Waals surface area contributed by atoms with Crippen molar-refractivity contribution in [3.63, 3.8) is 0 Å². The van der Waals surface area contributed by atoms with Crippen LogP contribution >= 0.6 is 12.6 Å². The fraction of sp³-hybridized carbons (Fsp3) is 0.640. The van der Waals surface area contributed by atoms with E-state index in [9.17, 15) is 0 Å². The van der Waals surface area contributed by atoms with E-state index in [-0.39, 0.29) is 0 Å². The molecule has 0 unspecified atom stereocenters. The highest BCUT2D eigenvalue weighted by Crippen LogP contribution is 2.19. The molecule has 0 fully saturated rings. The van der Waals surface area contributed by atoms with Crippen molar-refractivity contribution in [1.29, 1.82) is 0 Å². The molecule has 28 heavy (non-hydrogen) atoms. The van der Waals surface area contributed by atoms with E-state index < -0.39 is 0 Å². The molecule has 0 spiro atoms. The van der Waals surface area contributed by atoms with Gasteiger partial charge in [-0.2, -0.15) is 12.6 Å². The van der Waals surface area contributed by atoms with Gasteiger partial charge in [-0.05, 0) is 42.9 Å². The number of aromatic nitrogens is 1. The van der Waals surface area contributed by atoms with Gasteiger partial charge >= 0.3 is 0 Å². The van der Waals surface area contributed by atoms with Crippen LogP contribution < -0.4 is 4.74 Å². The predicted molar refractivity (Wildman–Crippen MR) is 126 cm³/mol. The molecule has 0 saturated carbocycles. The van der Waals surface area contributed by atoms with Gasteiger partial charge in [-0.3, -0.25) is 4.98 Å². The van der Waals surface area contributed by atoms with Gasteiger partial charge in [0.15, 0.2) is 0 Å². The minimum atomic E-state index is 0.819. The van der Waals surface area contributed by atoms with E-state index in [2.05, 4.69) is 29.7 Å². The zero-order valence-corrected chi connectivity index (χ0v) is 18.5. The summed E-state index contributed by atoms with van der Waals surface area (Å²) in [4.78, 5) is 4.34. The lowest BCUT2D eigenvalue weighted by Gasteiger charge is -2.07. The third kappa shape index (κ3) is 10.4. The van der Waals surface area contributed by atoms with Gasteiger partial charge < -0.3 is 4.74 Å². The van der Waals surface area contributed by atoms with Crippen LogP contribution in [-0.4, -0.2) is 17.3 Å². The van der Waals surface area contributed by atoms with Crippen LogP contribution in [0.15, 0.2) is 36.5 Å². The van der Waals surface area contributed by atoms with E-state index in [4.69, 9.17) is 4.74 Å². The zero-order valence-electron chi connectivity index (χ0n) is 17.6. The van der Waals surface area contributed by atoms with Crippen LogP contribution in [0, 0.1) is 0 Å². The number of rotatable bonds is 17. The summed E-state index contributed by atoms with van der Waals surface area (Å²) in [5.41, 5.74) is 1.03. The van der Waals surface area contributed by atoms with Crippen molar-refractivity contribution in [3.05, 3.63) is 36.5 Å². The van der Waals surface area contributed by atoms with E-state index >= 15 is 0 Å². The molecule has 2 rings (SSSR count). The number of hydrogen-bond donors (Lipinski definition) is 1. The highest BCUT2D eigenvalue weighted by molar-refractivity contribution is 7.80. The van der Waals surface area contributed by atoms with Gasteiger partial charge in [0.1, 0.15) is 5.75 Å². The molecular weight excluding hydrogens is 362 g/mol. The Labute approximate surface area is 177 Å². The molecule has 0 aliphatic rings. The van der Waals surface area contributed by atoms with Crippen LogP contribution in [0.5, 0.6) is 5.75 Å². The third-order valence-corrected chi connectivity index (χ3v) is 5.71. The monoisotopic (exact) mass is 401 g/mol. The van der Waals surface area contributed by atoms with Gasteiger partial charge in [0.2, 0.25) is 0 Å². The zero-order chi connectivity index (χ0) is 19.7. The average molecular weight is 402 g/mol. The standard InChI is InChI=1S/C25H39NOS/c28-21-14-12-10-8-6-4-2-1-3-5-7-9-11-13-20-27-24-17-18-25-23(22-24)16-15-19-26-25/h15-19,22,28H,1-14,20-21H2. The first-order valence-electron chi connectivity index (χ1n) is 11.5.